The second-order valence-electron chi connectivity index (χ2n) is 6.11. The summed E-state index contributed by atoms with van der Waals surface area (Å²) in [6.07, 6.45) is 0. The molecule has 0 saturated carbocycles. The second kappa shape index (κ2) is 7.61. The maximum atomic E-state index is 12.6. The van der Waals surface area contributed by atoms with Crippen LogP contribution >= 0.6 is 11.6 Å². The lowest BCUT2D eigenvalue weighted by atomic mass is 9.99. The molecule has 0 radical (unpaired) electrons. The van der Waals surface area contributed by atoms with Gasteiger partial charge in [0.15, 0.2) is 5.02 Å². The number of halogens is 1. The van der Waals surface area contributed by atoms with Crippen LogP contribution in [0.25, 0.3) is 10.8 Å². The number of fused-ring (bicyclic) bond motifs is 1. The van der Waals surface area contributed by atoms with Crippen LogP contribution in [-0.4, -0.2) is 15.8 Å². The van der Waals surface area contributed by atoms with Gasteiger partial charge in [-0.3, -0.25) is 25.0 Å². The summed E-state index contributed by atoms with van der Waals surface area (Å²) in [6.45, 7) is 1.76. The third-order valence-electron chi connectivity index (χ3n) is 4.33. The molecule has 3 aromatic carbocycles. The van der Waals surface area contributed by atoms with E-state index >= 15 is 0 Å². The monoisotopic (exact) mass is 399 g/mol. The van der Waals surface area contributed by atoms with E-state index in [1.807, 2.05) is 42.5 Å². The van der Waals surface area contributed by atoms with Gasteiger partial charge in [-0.05, 0) is 23.3 Å². The molecule has 0 fully saturated rings. The van der Waals surface area contributed by atoms with Gasteiger partial charge < -0.3 is 5.32 Å². The van der Waals surface area contributed by atoms with E-state index in [9.17, 15) is 25.0 Å². The molecule has 3 rings (SSSR count). The lowest BCUT2D eigenvalue weighted by molar-refractivity contribution is -0.393. The summed E-state index contributed by atoms with van der Waals surface area (Å²) < 4.78 is 0. The van der Waals surface area contributed by atoms with Gasteiger partial charge in [0, 0.05) is 12.1 Å². The molecule has 9 heteroatoms. The van der Waals surface area contributed by atoms with E-state index in [-0.39, 0.29) is 5.56 Å². The minimum absolute atomic E-state index is 0.213. The Kier molecular flexibility index (Phi) is 5.23. The molecule has 1 N–H and O–H groups in total. The number of hydrogen-bond donors (Lipinski definition) is 1. The summed E-state index contributed by atoms with van der Waals surface area (Å²) >= 11 is 5.73. The summed E-state index contributed by atoms with van der Waals surface area (Å²) in [5, 5.41) is 26.3. The third kappa shape index (κ3) is 3.63. The Morgan fingerprint density at radius 3 is 2.18 bits per heavy atom. The van der Waals surface area contributed by atoms with Crippen LogP contribution in [0, 0.1) is 20.2 Å². The lowest BCUT2D eigenvalue weighted by Gasteiger charge is -2.17. The number of nitrogens with zero attached hydrogens (tertiary/aromatic N) is 2. The van der Waals surface area contributed by atoms with E-state index in [0.29, 0.717) is 0 Å². The number of nitro benzene ring substituents is 2. The molecule has 1 atom stereocenters. The molecule has 0 heterocycles. The lowest BCUT2D eigenvalue weighted by Crippen LogP contribution is -2.27. The van der Waals surface area contributed by atoms with Crippen molar-refractivity contribution < 1.29 is 14.6 Å². The maximum absolute atomic E-state index is 12.6. The standard InChI is InChI=1S/C19H14ClN3O5/c1-11(14-8-4-6-12-5-2-3-7-15(12)14)21-19(24)13-9-16(22(25)26)18(20)17(10-13)23(27)28/h2-11H,1H3,(H,21,24). The number of nitro groups is 2. The number of carbonyl (C=O) groups excluding carboxylic acids is 1. The van der Waals surface area contributed by atoms with Crippen LogP contribution in [0.1, 0.15) is 28.9 Å². The van der Waals surface area contributed by atoms with Gasteiger partial charge in [-0.15, -0.1) is 0 Å². The Labute approximate surface area is 164 Å². The number of amides is 1. The number of rotatable bonds is 5. The zero-order chi connectivity index (χ0) is 20.4. The van der Waals surface area contributed by atoms with Crippen molar-refractivity contribution in [3.63, 3.8) is 0 Å². The summed E-state index contributed by atoms with van der Waals surface area (Å²) in [5.74, 6) is -0.677. The minimum atomic E-state index is -0.861. The van der Waals surface area contributed by atoms with Crippen LogP contribution in [0.3, 0.4) is 0 Å². The van der Waals surface area contributed by atoms with Crippen LogP contribution in [0.5, 0.6) is 0 Å². The SMILES string of the molecule is CC(NC(=O)c1cc([N+](=O)[O-])c(Cl)c([N+](=O)[O-])c1)c1cccc2ccccc12. The first-order chi connectivity index (χ1) is 13.3. The van der Waals surface area contributed by atoms with E-state index in [1.54, 1.807) is 6.92 Å². The number of hydrogen-bond acceptors (Lipinski definition) is 5. The zero-order valence-electron chi connectivity index (χ0n) is 14.6. The Bertz CT molecular complexity index is 1080. The van der Waals surface area contributed by atoms with Gasteiger partial charge >= 0.3 is 0 Å². The highest BCUT2D eigenvalue weighted by atomic mass is 35.5. The smallest absolute Gasteiger partial charge is 0.295 e. The first kappa shape index (κ1) is 19.2. The molecule has 3 aromatic rings. The van der Waals surface area contributed by atoms with E-state index in [2.05, 4.69) is 5.32 Å². The molecule has 142 valence electrons. The largest absolute Gasteiger partial charge is 0.345 e. The van der Waals surface area contributed by atoms with Gasteiger partial charge in [0.25, 0.3) is 17.3 Å². The van der Waals surface area contributed by atoms with E-state index in [1.165, 1.54) is 0 Å². The van der Waals surface area contributed by atoms with Gasteiger partial charge in [0.2, 0.25) is 0 Å². The average molecular weight is 400 g/mol. The van der Waals surface area contributed by atoms with Crippen molar-refractivity contribution in [1.82, 2.24) is 5.32 Å². The molecular formula is C19H14ClN3O5. The normalized spacial score (nSPS) is 11.8. The van der Waals surface area contributed by atoms with Crippen molar-refractivity contribution in [2.24, 2.45) is 0 Å². The molecule has 0 aliphatic rings. The molecule has 0 aliphatic carbocycles. The Morgan fingerprint density at radius 1 is 1.00 bits per heavy atom. The number of benzene rings is 3. The highest BCUT2D eigenvalue weighted by Gasteiger charge is 2.27. The fraction of sp³-hybridized carbons (Fsp3) is 0.105. The van der Waals surface area contributed by atoms with Crippen molar-refractivity contribution in [1.29, 1.82) is 0 Å². The first-order valence-electron chi connectivity index (χ1n) is 8.20. The molecule has 28 heavy (non-hydrogen) atoms. The molecule has 0 spiro atoms. The van der Waals surface area contributed by atoms with Crippen LogP contribution in [0.4, 0.5) is 11.4 Å². The first-order valence-corrected chi connectivity index (χ1v) is 8.58. The van der Waals surface area contributed by atoms with Crippen LogP contribution in [0.15, 0.2) is 54.6 Å². The summed E-state index contributed by atoms with van der Waals surface area (Å²) in [6, 6.07) is 14.7. The predicted molar refractivity (Wildman–Crippen MR) is 105 cm³/mol. The quantitative estimate of drug-likeness (QED) is 0.488. The van der Waals surface area contributed by atoms with E-state index in [4.69, 9.17) is 11.6 Å². The molecule has 0 bridgehead atoms. The molecule has 0 saturated heterocycles. The molecule has 1 unspecified atom stereocenters. The number of carbonyl (C=O) groups is 1. The Balaban J connectivity index is 1.96. The van der Waals surface area contributed by atoms with Crippen LogP contribution in [-0.2, 0) is 0 Å². The van der Waals surface area contributed by atoms with Crippen molar-refractivity contribution in [3.05, 3.63) is 91.0 Å². The molecule has 0 aromatic heterocycles. The van der Waals surface area contributed by atoms with E-state index in [0.717, 1.165) is 28.5 Å². The fourth-order valence-electron chi connectivity index (χ4n) is 2.98. The topological polar surface area (TPSA) is 115 Å². The van der Waals surface area contributed by atoms with Crippen LogP contribution in [0.2, 0.25) is 5.02 Å². The van der Waals surface area contributed by atoms with Crippen molar-refractivity contribution in [2.75, 3.05) is 0 Å². The average Bonchev–Trinajstić information content (AvgIpc) is 2.67. The third-order valence-corrected chi connectivity index (χ3v) is 4.71. The van der Waals surface area contributed by atoms with Crippen molar-refractivity contribution in [2.45, 2.75) is 13.0 Å². The fourth-order valence-corrected chi connectivity index (χ4v) is 3.22. The Morgan fingerprint density at radius 2 is 1.57 bits per heavy atom. The van der Waals surface area contributed by atoms with Crippen molar-refractivity contribution in [3.8, 4) is 0 Å². The highest BCUT2D eigenvalue weighted by molar-refractivity contribution is 6.35. The minimum Gasteiger partial charge on any atom is -0.345 e. The van der Waals surface area contributed by atoms with Gasteiger partial charge in [-0.2, -0.15) is 0 Å². The van der Waals surface area contributed by atoms with E-state index < -0.39 is 38.2 Å². The maximum Gasteiger partial charge on any atom is 0.295 e. The summed E-state index contributed by atoms with van der Waals surface area (Å²) in [5.41, 5.74) is -0.753. The van der Waals surface area contributed by atoms with Gasteiger partial charge in [0.05, 0.1) is 21.5 Å². The molecule has 1 amide bonds. The number of nitrogens with one attached hydrogen (secondary N) is 1. The van der Waals surface area contributed by atoms with Gasteiger partial charge in [0.1, 0.15) is 0 Å². The molecule has 0 aliphatic heterocycles. The van der Waals surface area contributed by atoms with Gasteiger partial charge in [-0.25, -0.2) is 0 Å². The second-order valence-corrected chi connectivity index (χ2v) is 6.48. The van der Waals surface area contributed by atoms with Crippen molar-refractivity contribution >= 4 is 39.7 Å². The van der Waals surface area contributed by atoms with Gasteiger partial charge in [-0.1, -0.05) is 54.1 Å². The predicted octanol–water partition coefficient (Wildman–Crippen LogP) is 4.80. The molecule has 8 nitrogen and oxygen atoms in total. The summed E-state index contributed by atoms with van der Waals surface area (Å²) in [4.78, 5) is 33.2. The highest BCUT2D eigenvalue weighted by Crippen LogP contribution is 2.35. The summed E-state index contributed by atoms with van der Waals surface area (Å²) in [7, 11) is 0. The zero-order valence-corrected chi connectivity index (χ0v) is 15.3. The van der Waals surface area contributed by atoms with Crippen LogP contribution < -0.4 is 5.32 Å². The Hall–Kier alpha value is -3.52. The molecular weight excluding hydrogens is 386 g/mol.